The fraction of sp³-hybridized carbons (Fsp3) is 0.400. The largest absolute Gasteiger partial charge is 0.577 e. The van der Waals surface area contributed by atoms with E-state index in [4.69, 9.17) is 0 Å². The summed E-state index contributed by atoms with van der Waals surface area (Å²) in [6.07, 6.45) is -3.28. The van der Waals surface area contributed by atoms with Gasteiger partial charge in [0.1, 0.15) is 0 Å². The van der Waals surface area contributed by atoms with Crippen molar-refractivity contribution < 1.29 is 22.6 Å². The van der Waals surface area contributed by atoms with Gasteiger partial charge in [0, 0.05) is 0 Å². The fourth-order valence-electron chi connectivity index (χ4n) is 0.617. The van der Waals surface area contributed by atoms with Crippen LogP contribution in [0.25, 0.3) is 0 Å². The Morgan fingerprint density at radius 2 is 2.18 bits per heavy atom. The van der Waals surface area contributed by atoms with Crippen molar-refractivity contribution in [2.75, 3.05) is 0 Å². The highest BCUT2D eigenvalue weighted by Crippen LogP contribution is 2.18. The van der Waals surface area contributed by atoms with Crippen molar-refractivity contribution in [1.82, 2.24) is 5.10 Å². The smallest absolute Gasteiger partial charge is 0.349 e. The molecular formula is C5H6F3N2O+. The number of halogens is 3. The molecule has 11 heavy (non-hydrogen) atoms. The molecule has 1 rings (SSSR count). The summed E-state index contributed by atoms with van der Waals surface area (Å²) in [5.74, 6) is -0.266. The normalized spacial score (nSPS) is 11.6. The Morgan fingerprint density at radius 1 is 1.55 bits per heavy atom. The maximum atomic E-state index is 11.5. The second-order valence-corrected chi connectivity index (χ2v) is 1.91. The molecule has 0 aromatic carbocycles. The number of rotatable bonds is 1. The highest BCUT2D eigenvalue weighted by atomic mass is 19.4. The summed E-state index contributed by atoms with van der Waals surface area (Å²) < 4.78 is 39.4. The van der Waals surface area contributed by atoms with E-state index in [0.29, 0.717) is 0 Å². The first-order valence-corrected chi connectivity index (χ1v) is 2.78. The van der Waals surface area contributed by atoms with Crippen LogP contribution in [-0.4, -0.2) is 11.5 Å². The van der Waals surface area contributed by atoms with Crippen LogP contribution in [0.1, 0.15) is 0 Å². The molecule has 0 spiro atoms. The summed E-state index contributed by atoms with van der Waals surface area (Å²) in [7, 11) is 1.42. The zero-order chi connectivity index (χ0) is 8.48. The minimum atomic E-state index is -4.63. The average Bonchev–Trinajstić information content (AvgIpc) is 2.12. The van der Waals surface area contributed by atoms with Crippen molar-refractivity contribution in [2.24, 2.45) is 7.05 Å². The number of nitrogens with zero attached hydrogens (tertiary/aromatic N) is 1. The first kappa shape index (κ1) is 7.90. The maximum absolute atomic E-state index is 11.5. The molecule has 62 valence electrons. The molecule has 0 atom stereocenters. The molecule has 0 saturated heterocycles. The van der Waals surface area contributed by atoms with E-state index in [0.717, 1.165) is 4.68 Å². The molecule has 0 bridgehead atoms. The van der Waals surface area contributed by atoms with Gasteiger partial charge in [-0.1, -0.05) is 4.68 Å². The molecule has 1 heterocycles. The molecule has 3 nitrogen and oxygen atoms in total. The highest BCUT2D eigenvalue weighted by Gasteiger charge is 2.34. The zero-order valence-electron chi connectivity index (χ0n) is 5.64. The summed E-state index contributed by atoms with van der Waals surface area (Å²) in [5, 5.41) is 2.48. The predicted octanol–water partition coefficient (Wildman–Crippen LogP) is 0.738. The number of hydrogen-bond acceptors (Lipinski definition) is 1. The predicted molar refractivity (Wildman–Crippen MR) is 28.7 cm³/mol. The van der Waals surface area contributed by atoms with Gasteiger partial charge in [0.2, 0.25) is 0 Å². The van der Waals surface area contributed by atoms with Crippen molar-refractivity contribution in [3.05, 3.63) is 12.3 Å². The van der Waals surface area contributed by atoms with Crippen LogP contribution in [0.2, 0.25) is 0 Å². The maximum Gasteiger partial charge on any atom is 0.577 e. The van der Waals surface area contributed by atoms with E-state index < -0.39 is 6.36 Å². The lowest BCUT2D eigenvalue weighted by Crippen LogP contribution is -2.34. The lowest BCUT2D eigenvalue weighted by Gasteiger charge is -2.01. The molecule has 0 saturated carbocycles. The van der Waals surface area contributed by atoms with Crippen LogP contribution in [0.5, 0.6) is 5.88 Å². The number of nitrogens with one attached hydrogen (secondary N) is 1. The van der Waals surface area contributed by atoms with Gasteiger partial charge < -0.3 is 4.74 Å². The highest BCUT2D eigenvalue weighted by molar-refractivity contribution is 4.97. The van der Waals surface area contributed by atoms with Gasteiger partial charge in [-0.15, -0.1) is 13.2 Å². The summed E-state index contributed by atoms with van der Waals surface area (Å²) in [6.45, 7) is 0. The Morgan fingerprint density at radius 3 is 2.55 bits per heavy atom. The lowest BCUT2D eigenvalue weighted by atomic mass is 10.7. The van der Waals surface area contributed by atoms with Crippen LogP contribution >= 0.6 is 0 Å². The number of alkyl halides is 3. The standard InChI is InChI=1S/C5H5F3N2O/c1-10-4(2-3-9-10)11-5(6,7)8/h2-3H,1H3/p+1. The monoisotopic (exact) mass is 167 g/mol. The molecule has 1 aromatic heterocycles. The van der Waals surface area contributed by atoms with Crippen LogP contribution in [0.4, 0.5) is 13.2 Å². The molecule has 1 N–H and O–H groups in total. The van der Waals surface area contributed by atoms with Crippen LogP contribution in [-0.2, 0) is 7.05 Å². The summed E-state index contributed by atoms with van der Waals surface area (Å²) in [4.78, 5) is 0. The first-order valence-electron chi connectivity index (χ1n) is 2.78. The van der Waals surface area contributed by atoms with Gasteiger partial charge in [0.15, 0.2) is 7.05 Å². The molecule has 0 fully saturated rings. The Hall–Kier alpha value is -1.20. The number of hydrogen-bond donors (Lipinski definition) is 1. The second kappa shape index (κ2) is 2.44. The van der Waals surface area contributed by atoms with Crippen molar-refractivity contribution in [3.8, 4) is 5.88 Å². The Balaban J connectivity index is 2.72. The summed E-state index contributed by atoms with van der Waals surface area (Å²) in [6, 6.07) is 1.19. The minimum Gasteiger partial charge on any atom is -0.349 e. The molecule has 6 heteroatoms. The SMILES string of the molecule is C[n+]1[nH]ccc1OC(F)(F)F. The fourth-order valence-corrected chi connectivity index (χ4v) is 0.617. The van der Waals surface area contributed by atoms with Gasteiger partial charge in [0.05, 0.1) is 12.3 Å². The van der Waals surface area contributed by atoms with E-state index in [2.05, 4.69) is 9.84 Å². The van der Waals surface area contributed by atoms with E-state index in [9.17, 15) is 13.2 Å². The third-order valence-corrected chi connectivity index (χ3v) is 1.04. The molecule has 0 amide bonds. The van der Waals surface area contributed by atoms with E-state index in [-0.39, 0.29) is 5.88 Å². The molecule has 1 aromatic rings. The lowest BCUT2D eigenvalue weighted by molar-refractivity contribution is -0.734. The van der Waals surface area contributed by atoms with E-state index >= 15 is 0 Å². The number of H-pyrrole nitrogens is 1. The van der Waals surface area contributed by atoms with Crippen molar-refractivity contribution in [1.29, 1.82) is 0 Å². The minimum absolute atomic E-state index is 0.266. The zero-order valence-corrected chi connectivity index (χ0v) is 5.64. The number of ether oxygens (including phenoxy) is 1. The number of aromatic nitrogens is 2. The van der Waals surface area contributed by atoms with Gasteiger partial charge >= 0.3 is 12.2 Å². The quantitative estimate of drug-likeness (QED) is 0.614. The van der Waals surface area contributed by atoms with Gasteiger partial charge in [0.25, 0.3) is 0 Å². The van der Waals surface area contributed by atoms with Crippen LogP contribution in [0.3, 0.4) is 0 Å². The van der Waals surface area contributed by atoms with Gasteiger partial charge in [-0.25, -0.2) is 0 Å². The summed E-state index contributed by atoms with van der Waals surface area (Å²) in [5.41, 5.74) is 0. The van der Waals surface area contributed by atoms with Gasteiger partial charge in [-0.2, -0.15) is 5.10 Å². The molecule has 0 aliphatic rings. The molecule has 0 unspecified atom stereocenters. The molecule has 0 aliphatic heterocycles. The van der Waals surface area contributed by atoms with Crippen molar-refractivity contribution in [2.45, 2.75) is 6.36 Å². The molecular weight excluding hydrogens is 161 g/mol. The van der Waals surface area contributed by atoms with E-state index in [1.165, 1.54) is 19.3 Å². The van der Waals surface area contributed by atoms with Gasteiger partial charge in [-0.05, 0) is 0 Å². The van der Waals surface area contributed by atoms with Gasteiger partial charge in [-0.3, -0.25) is 0 Å². The van der Waals surface area contributed by atoms with E-state index in [1.54, 1.807) is 0 Å². The molecule has 0 radical (unpaired) electrons. The Kier molecular flexibility index (Phi) is 1.76. The Labute approximate surface area is 60.4 Å². The first-order chi connectivity index (χ1) is 4.99. The number of aromatic amines is 1. The summed E-state index contributed by atoms with van der Waals surface area (Å²) >= 11 is 0. The van der Waals surface area contributed by atoms with Crippen molar-refractivity contribution in [3.63, 3.8) is 0 Å². The second-order valence-electron chi connectivity index (χ2n) is 1.91. The third kappa shape index (κ3) is 2.14. The Bertz CT molecular complexity index is 242. The van der Waals surface area contributed by atoms with Crippen LogP contribution in [0, 0.1) is 0 Å². The van der Waals surface area contributed by atoms with Crippen LogP contribution < -0.4 is 9.42 Å². The average molecular weight is 167 g/mol. The van der Waals surface area contributed by atoms with Crippen LogP contribution in [0.15, 0.2) is 12.3 Å². The topological polar surface area (TPSA) is 28.9 Å². The third-order valence-electron chi connectivity index (χ3n) is 1.04. The van der Waals surface area contributed by atoms with Crippen molar-refractivity contribution >= 4 is 0 Å². The van der Waals surface area contributed by atoms with E-state index in [1.807, 2.05) is 0 Å². The number of aryl methyl sites for hydroxylation is 1. The molecule has 0 aliphatic carbocycles.